The van der Waals surface area contributed by atoms with E-state index in [4.69, 9.17) is 0 Å². The lowest BCUT2D eigenvalue weighted by atomic mass is 9.95. The molecule has 0 bridgehead atoms. The molecule has 0 saturated carbocycles. The fourth-order valence-corrected chi connectivity index (χ4v) is 2.06. The van der Waals surface area contributed by atoms with E-state index in [1.807, 2.05) is 18.2 Å². The van der Waals surface area contributed by atoms with E-state index < -0.39 is 5.95 Å². The molecule has 2 rings (SSSR count). The van der Waals surface area contributed by atoms with E-state index in [0.29, 0.717) is 16.8 Å². The van der Waals surface area contributed by atoms with E-state index in [-0.39, 0.29) is 0 Å². The third-order valence-corrected chi connectivity index (χ3v) is 3.32. The summed E-state index contributed by atoms with van der Waals surface area (Å²) >= 11 is 0. The molecule has 0 fully saturated rings. The predicted molar refractivity (Wildman–Crippen MR) is 95.7 cm³/mol. The second kappa shape index (κ2) is 7.22. The Kier molecular flexibility index (Phi) is 5.10. The first-order valence-corrected chi connectivity index (χ1v) is 6.80. The van der Waals surface area contributed by atoms with Crippen molar-refractivity contribution in [3.63, 3.8) is 0 Å². The second-order valence-electron chi connectivity index (χ2n) is 4.76. The predicted octanol–water partition coefficient (Wildman–Crippen LogP) is 5.00. The van der Waals surface area contributed by atoms with Crippen LogP contribution in [0.4, 0.5) is 10.1 Å². The Morgan fingerprint density at radius 2 is 1.83 bits per heavy atom. The van der Waals surface area contributed by atoms with Gasteiger partial charge in [0.15, 0.2) is 0 Å². The van der Waals surface area contributed by atoms with Gasteiger partial charge in [0.1, 0.15) is 0 Å². The van der Waals surface area contributed by atoms with Crippen LogP contribution in [0.25, 0.3) is 16.7 Å². The minimum Gasteiger partial charge on any atom is -0.272 e. The van der Waals surface area contributed by atoms with Crippen LogP contribution in [-0.4, -0.2) is 18.4 Å². The Hall–Kier alpha value is -3.14. The number of aromatic nitrogens is 1. The highest BCUT2D eigenvalue weighted by molar-refractivity contribution is 5.87. The van der Waals surface area contributed by atoms with Gasteiger partial charge in [0.05, 0.1) is 5.69 Å². The maximum atomic E-state index is 13.0. The Labute approximate surface area is 135 Å². The molecule has 0 aliphatic carbocycles. The average molecular weight is 305 g/mol. The van der Waals surface area contributed by atoms with Gasteiger partial charge < -0.3 is 0 Å². The molecule has 0 aliphatic rings. The summed E-state index contributed by atoms with van der Waals surface area (Å²) in [6.45, 7) is 15.0. The summed E-state index contributed by atoms with van der Waals surface area (Å²) in [6.07, 6.45) is 4.74. The fourth-order valence-electron chi connectivity index (χ4n) is 2.06. The summed E-state index contributed by atoms with van der Waals surface area (Å²) in [5.41, 5.74) is 4.54. The molecule has 0 aliphatic heterocycles. The van der Waals surface area contributed by atoms with Crippen molar-refractivity contribution < 1.29 is 4.39 Å². The Morgan fingerprint density at radius 3 is 2.43 bits per heavy atom. The van der Waals surface area contributed by atoms with E-state index in [1.165, 1.54) is 12.3 Å². The highest BCUT2D eigenvalue weighted by atomic mass is 19.1. The van der Waals surface area contributed by atoms with Gasteiger partial charge >= 0.3 is 0 Å². The summed E-state index contributed by atoms with van der Waals surface area (Å²) in [4.78, 5) is 11.3. The fraction of sp³-hybridized carbons (Fsp3) is 0. The summed E-state index contributed by atoms with van der Waals surface area (Å²) in [7, 11) is 0. The van der Waals surface area contributed by atoms with Crippen LogP contribution < -0.4 is 0 Å². The van der Waals surface area contributed by atoms with Crippen LogP contribution in [-0.2, 0) is 0 Å². The molecule has 0 spiro atoms. The van der Waals surface area contributed by atoms with E-state index >= 15 is 0 Å². The third kappa shape index (κ3) is 3.74. The number of hydrogen-bond acceptors (Lipinski definition) is 3. The average Bonchev–Trinajstić information content (AvgIpc) is 2.59. The molecule has 1 aromatic heterocycles. The zero-order valence-electron chi connectivity index (χ0n) is 12.7. The molecule has 2 aromatic rings. The zero-order chi connectivity index (χ0) is 16.8. The molecular formula is C19H16FN3. The highest BCUT2D eigenvalue weighted by Gasteiger charge is 2.09. The standard InChI is InChI=1S/C19H16FN3/c1-13(9-10-21-3)14(2)17-11-15(5-7-18(17)22-4)16-6-8-19(20)23-12-16/h5-12H,1-4H2/b10-9-. The van der Waals surface area contributed by atoms with Gasteiger partial charge in [0, 0.05) is 23.5 Å². The summed E-state index contributed by atoms with van der Waals surface area (Å²) in [5.74, 6) is -0.516. The first kappa shape index (κ1) is 16.2. The molecular weight excluding hydrogens is 289 g/mol. The van der Waals surface area contributed by atoms with Crippen molar-refractivity contribution in [3.8, 4) is 11.1 Å². The molecule has 0 unspecified atom stereocenters. The molecule has 23 heavy (non-hydrogen) atoms. The number of nitrogens with zero attached hydrogens (tertiary/aromatic N) is 3. The third-order valence-electron chi connectivity index (χ3n) is 3.32. The normalized spacial score (nSPS) is 10.5. The van der Waals surface area contributed by atoms with Gasteiger partial charge in [-0.2, -0.15) is 4.39 Å². The number of pyridine rings is 1. The Balaban J connectivity index is 2.47. The minimum atomic E-state index is -0.516. The van der Waals surface area contributed by atoms with Gasteiger partial charge in [-0.25, -0.2) is 4.98 Å². The van der Waals surface area contributed by atoms with Crippen molar-refractivity contribution in [2.24, 2.45) is 9.98 Å². The first-order chi connectivity index (χ1) is 11.1. The van der Waals surface area contributed by atoms with Crippen molar-refractivity contribution in [2.45, 2.75) is 0 Å². The van der Waals surface area contributed by atoms with Crippen LogP contribution in [0.5, 0.6) is 0 Å². The summed E-state index contributed by atoms with van der Waals surface area (Å²) in [5, 5.41) is 0. The SMILES string of the molecule is C=N/C=C\C(=C)C(=C)c1cc(-c2ccc(F)nc2)ccc1N=C. The lowest BCUT2D eigenvalue weighted by Crippen LogP contribution is -1.89. The van der Waals surface area contributed by atoms with Gasteiger partial charge in [-0.3, -0.25) is 9.98 Å². The molecule has 1 aromatic carbocycles. The molecule has 3 nitrogen and oxygen atoms in total. The summed E-state index contributed by atoms with van der Waals surface area (Å²) < 4.78 is 13.0. The van der Waals surface area contributed by atoms with Crippen LogP contribution in [0.15, 0.2) is 77.5 Å². The maximum absolute atomic E-state index is 13.0. The van der Waals surface area contributed by atoms with E-state index in [1.54, 1.807) is 18.3 Å². The van der Waals surface area contributed by atoms with Crippen LogP contribution in [0.2, 0.25) is 0 Å². The first-order valence-electron chi connectivity index (χ1n) is 6.80. The van der Waals surface area contributed by atoms with Gasteiger partial charge in [-0.05, 0) is 60.5 Å². The van der Waals surface area contributed by atoms with Crippen molar-refractivity contribution in [1.82, 2.24) is 4.98 Å². The van der Waals surface area contributed by atoms with Crippen molar-refractivity contribution in [2.75, 3.05) is 0 Å². The van der Waals surface area contributed by atoms with E-state index in [2.05, 4.69) is 41.6 Å². The van der Waals surface area contributed by atoms with Crippen molar-refractivity contribution in [3.05, 3.63) is 79.0 Å². The number of allylic oxidation sites excluding steroid dienone is 3. The summed E-state index contributed by atoms with van der Waals surface area (Å²) in [6, 6.07) is 8.60. The molecule has 0 saturated heterocycles. The second-order valence-corrected chi connectivity index (χ2v) is 4.76. The smallest absolute Gasteiger partial charge is 0.212 e. The zero-order valence-corrected chi connectivity index (χ0v) is 12.7. The van der Waals surface area contributed by atoms with Gasteiger partial charge in [0.25, 0.3) is 0 Å². The van der Waals surface area contributed by atoms with Crippen LogP contribution >= 0.6 is 0 Å². The Morgan fingerprint density at radius 1 is 1.09 bits per heavy atom. The molecule has 1 heterocycles. The van der Waals surface area contributed by atoms with Gasteiger partial charge in [-0.15, -0.1) is 0 Å². The number of benzene rings is 1. The molecule has 0 N–H and O–H groups in total. The topological polar surface area (TPSA) is 37.6 Å². The lowest BCUT2D eigenvalue weighted by molar-refractivity contribution is 0.584. The van der Waals surface area contributed by atoms with Crippen molar-refractivity contribution in [1.29, 1.82) is 0 Å². The van der Waals surface area contributed by atoms with E-state index in [9.17, 15) is 4.39 Å². The maximum Gasteiger partial charge on any atom is 0.212 e. The molecule has 0 radical (unpaired) electrons. The highest BCUT2D eigenvalue weighted by Crippen LogP contribution is 2.33. The Bertz CT molecular complexity index is 802. The largest absolute Gasteiger partial charge is 0.272 e. The van der Waals surface area contributed by atoms with E-state index in [0.717, 1.165) is 16.7 Å². The number of rotatable bonds is 6. The number of aliphatic imine (C=N–C) groups is 2. The van der Waals surface area contributed by atoms with Crippen molar-refractivity contribution >= 4 is 24.7 Å². The lowest BCUT2D eigenvalue weighted by Gasteiger charge is -2.11. The number of halogens is 1. The monoisotopic (exact) mass is 305 g/mol. The van der Waals surface area contributed by atoms with Gasteiger partial charge in [0.2, 0.25) is 5.95 Å². The molecule has 4 heteroatoms. The molecule has 0 amide bonds. The minimum absolute atomic E-state index is 0.516. The van der Waals surface area contributed by atoms with Crippen LogP contribution in [0, 0.1) is 5.95 Å². The molecule has 114 valence electrons. The number of hydrogen-bond donors (Lipinski definition) is 0. The quantitative estimate of drug-likeness (QED) is 0.420. The van der Waals surface area contributed by atoms with Gasteiger partial charge in [-0.1, -0.05) is 19.2 Å². The van der Waals surface area contributed by atoms with Crippen LogP contribution in [0.1, 0.15) is 5.56 Å². The molecule has 0 atom stereocenters. The van der Waals surface area contributed by atoms with Crippen LogP contribution in [0.3, 0.4) is 0 Å².